The topological polar surface area (TPSA) is 32.7 Å². The molecule has 0 amide bonds. The lowest BCUT2D eigenvalue weighted by Gasteiger charge is -2.30. The van der Waals surface area contributed by atoms with Gasteiger partial charge in [-0.05, 0) is 43.7 Å². The molecule has 1 aromatic rings. The van der Waals surface area contributed by atoms with E-state index in [0.29, 0.717) is 5.92 Å². The zero-order chi connectivity index (χ0) is 13.8. The van der Waals surface area contributed by atoms with Gasteiger partial charge in [0, 0.05) is 25.3 Å². The average Bonchev–Trinajstić information content (AvgIpc) is 2.41. The Hall–Kier alpha value is -1.29. The molecular weight excluding hydrogens is 245 g/mol. The highest BCUT2D eigenvalue weighted by atomic mass is 19.1. The summed E-state index contributed by atoms with van der Waals surface area (Å²) in [7, 11) is 3.45. The van der Waals surface area contributed by atoms with E-state index in [1.807, 2.05) is 13.1 Å². The summed E-state index contributed by atoms with van der Waals surface area (Å²) < 4.78 is 18.6. The maximum absolute atomic E-state index is 13.7. The third-order valence-corrected chi connectivity index (χ3v) is 3.92. The Balaban J connectivity index is 1.96. The minimum Gasteiger partial charge on any atom is -0.494 e. The van der Waals surface area contributed by atoms with Crippen LogP contribution in [0.4, 0.5) is 10.1 Å². The van der Waals surface area contributed by atoms with Gasteiger partial charge in [0.2, 0.25) is 0 Å². The Morgan fingerprint density at radius 1 is 1.32 bits per heavy atom. The highest BCUT2D eigenvalue weighted by molar-refractivity contribution is 5.49. The highest BCUT2D eigenvalue weighted by Crippen LogP contribution is 2.28. The second-order valence-electron chi connectivity index (χ2n) is 5.37. The SMILES string of the molecule is COc1ccc(N(C)CC2CCC(O)CC2)cc1F. The summed E-state index contributed by atoms with van der Waals surface area (Å²) in [6.07, 6.45) is 3.74. The van der Waals surface area contributed by atoms with E-state index in [9.17, 15) is 9.50 Å². The quantitative estimate of drug-likeness (QED) is 0.910. The molecule has 1 saturated carbocycles. The summed E-state index contributed by atoms with van der Waals surface area (Å²) >= 11 is 0. The van der Waals surface area contributed by atoms with Crippen molar-refractivity contribution in [3.05, 3.63) is 24.0 Å². The van der Waals surface area contributed by atoms with Crippen molar-refractivity contribution in [1.29, 1.82) is 0 Å². The molecule has 106 valence electrons. The van der Waals surface area contributed by atoms with Crippen molar-refractivity contribution < 1.29 is 14.2 Å². The Kier molecular flexibility index (Phi) is 4.64. The second-order valence-corrected chi connectivity index (χ2v) is 5.37. The number of halogens is 1. The predicted molar refractivity (Wildman–Crippen MR) is 74.2 cm³/mol. The molecule has 0 radical (unpaired) electrons. The standard InChI is InChI=1S/C15H22FNO2/c1-17(10-11-3-6-13(18)7-4-11)12-5-8-15(19-2)14(16)9-12/h5,8-9,11,13,18H,3-4,6-7,10H2,1-2H3. The molecule has 3 nitrogen and oxygen atoms in total. The Labute approximate surface area is 114 Å². The first-order chi connectivity index (χ1) is 9.10. The first kappa shape index (κ1) is 14.1. The number of rotatable bonds is 4. The van der Waals surface area contributed by atoms with Gasteiger partial charge in [0.1, 0.15) is 0 Å². The molecule has 0 heterocycles. The zero-order valence-electron chi connectivity index (χ0n) is 11.6. The van der Waals surface area contributed by atoms with E-state index in [4.69, 9.17) is 4.74 Å². The molecule has 1 aromatic carbocycles. The molecule has 19 heavy (non-hydrogen) atoms. The lowest BCUT2D eigenvalue weighted by atomic mass is 9.87. The van der Waals surface area contributed by atoms with E-state index in [0.717, 1.165) is 37.9 Å². The summed E-state index contributed by atoms with van der Waals surface area (Å²) in [5, 5.41) is 9.50. The molecule has 1 aliphatic rings. The van der Waals surface area contributed by atoms with Gasteiger partial charge in [0.15, 0.2) is 11.6 Å². The fraction of sp³-hybridized carbons (Fsp3) is 0.600. The molecule has 1 N–H and O–H groups in total. The van der Waals surface area contributed by atoms with E-state index in [-0.39, 0.29) is 17.7 Å². The van der Waals surface area contributed by atoms with Crippen molar-refractivity contribution in [2.45, 2.75) is 31.8 Å². The van der Waals surface area contributed by atoms with Crippen LogP contribution in [0.1, 0.15) is 25.7 Å². The average molecular weight is 267 g/mol. The maximum atomic E-state index is 13.7. The molecule has 0 aliphatic heterocycles. The molecule has 4 heteroatoms. The number of aliphatic hydroxyl groups excluding tert-OH is 1. The second kappa shape index (κ2) is 6.24. The monoisotopic (exact) mass is 267 g/mol. The number of methoxy groups -OCH3 is 1. The van der Waals surface area contributed by atoms with Crippen LogP contribution in [0.25, 0.3) is 0 Å². The van der Waals surface area contributed by atoms with Gasteiger partial charge in [0.25, 0.3) is 0 Å². The fourth-order valence-electron chi connectivity index (χ4n) is 2.71. The van der Waals surface area contributed by atoms with Crippen molar-refractivity contribution in [2.24, 2.45) is 5.92 Å². The fourth-order valence-corrected chi connectivity index (χ4v) is 2.71. The van der Waals surface area contributed by atoms with E-state index in [2.05, 4.69) is 4.90 Å². The Bertz CT molecular complexity index is 417. The summed E-state index contributed by atoms with van der Waals surface area (Å²) in [6, 6.07) is 5.04. The summed E-state index contributed by atoms with van der Waals surface area (Å²) in [4.78, 5) is 2.07. The third kappa shape index (κ3) is 3.60. The van der Waals surface area contributed by atoms with Crippen LogP contribution in [0.3, 0.4) is 0 Å². The van der Waals surface area contributed by atoms with Crippen molar-refractivity contribution in [2.75, 3.05) is 25.6 Å². The Morgan fingerprint density at radius 2 is 2.00 bits per heavy atom. The predicted octanol–water partition coefficient (Wildman–Crippen LogP) is 2.82. The van der Waals surface area contributed by atoms with Gasteiger partial charge in [-0.3, -0.25) is 0 Å². The zero-order valence-corrected chi connectivity index (χ0v) is 11.6. The van der Waals surface area contributed by atoms with Crippen LogP contribution in [0.2, 0.25) is 0 Å². The maximum Gasteiger partial charge on any atom is 0.167 e. The van der Waals surface area contributed by atoms with Crippen LogP contribution in [0, 0.1) is 11.7 Å². The molecule has 0 bridgehead atoms. The molecule has 0 unspecified atom stereocenters. The number of anilines is 1. The lowest BCUT2D eigenvalue weighted by Crippen LogP contribution is -2.29. The van der Waals surface area contributed by atoms with E-state index < -0.39 is 0 Å². The van der Waals surface area contributed by atoms with Gasteiger partial charge < -0.3 is 14.7 Å². The van der Waals surface area contributed by atoms with E-state index in [1.165, 1.54) is 13.2 Å². The van der Waals surface area contributed by atoms with Crippen molar-refractivity contribution in [1.82, 2.24) is 0 Å². The number of benzene rings is 1. The smallest absolute Gasteiger partial charge is 0.167 e. The molecule has 1 fully saturated rings. The summed E-state index contributed by atoms with van der Waals surface area (Å²) in [5.41, 5.74) is 0.865. The molecular formula is C15H22FNO2. The van der Waals surface area contributed by atoms with Crippen LogP contribution in [0.15, 0.2) is 18.2 Å². The van der Waals surface area contributed by atoms with Gasteiger partial charge in [-0.2, -0.15) is 0 Å². The minimum absolute atomic E-state index is 0.125. The van der Waals surface area contributed by atoms with Crippen LogP contribution in [-0.4, -0.2) is 31.9 Å². The van der Waals surface area contributed by atoms with Crippen molar-refractivity contribution in [3.8, 4) is 5.75 Å². The van der Waals surface area contributed by atoms with Crippen molar-refractivity contribution in [3.63, 3.8) is 0 Å². The number of nitrogens with zero attached hydrogens (tertiary/aromatic N) is 1. The van der Waals surface area contributed by atoms with Crippen LogP contribution >= 0.6 is 0 Å². The molecule has 0 saturated heterocycles. The van der Waals surface area contributed by atoms with Crippen LogP contribution in [0.5, 0.6) is 5.75 Å². The lowest BCUT2D eigenvalue weighted by molar-refractivity contribution is 0.110. The minimum atomic E-state index is -0.328. The van der Waals surface area contributed by atoms with Crippen LogP contribution < -0.4 is 9.64 Å². The number of hydrogen-bond donors (Lipinski definition) is 1. The van der Waals surface area contributed by atoms with Crippen molar-refractivity contribution >= 4 is 5.69 Å². The van der Waals surface area contributed by atoms with E-state index in [1.54, 1.807) is 6.07 Å². The van der Waals surface area contributed by atoms with Gasteiger partial charge in [-0.15, -0.1) is 0 Å². The highest BCUT2D eigenvalue weighted by Gasteiger charge is 2.20. The van der Waals surface area contributed by atoms with Gasteiger partial charge in [-0.25, -0.2) is 4.39 Å². The molecule has 0 atom stereocenters. The van der Waals surface area contributed by atoms with Gasteiger partial charge in [-0.1, -0.05) is 0 Å². The largest absolute Gasteiger partial charge is 0.494 e. The first-order valence-electron chi connectivity index (χ1n) is 6.83. The van der Waals surface area contributed by atoms with Gasteiger partial charge in [0.05, 0.1) is 13.2 Å². The normalized spacial score (nSPS) is 23.2. The summed E-state index contributed by atoms with van der Waals surface area (Å²) in [5.74, 6) is 0.530. The molecule has 0 aromatic heterocycles. The first-order valence-corrected chi connectivity index (χ1v) is 6.83. The molecule has 0 spiro atoms. The molecule has 1 aliphatic carbocycles. The third-order valence-electron chi connectivity index (χ3n) is 3.92. The number of aliphatic hydroxyl groups is 1. The molecule has 2 rings (SSSR count). The van der Waals surface area contributed by atoms with Gasteiger partial charge >= 0.3 is 0 Å². The number of ether oxygens (including phenoxy) is 1. The van der Waals surface area contributed by atoms with Crippen LogP contribution in [-0.2, 0) is 0 Å². The number of hydrogen-bond acceptors (Lipinski definition) is 3. The van der Waals surface area contributed by atoms with E-state index >= 15 is 0 Å². The Morgan fingerprint density at radius 3 is 2.58 bits per heavy atom. The summed E-state index contributed by atoms with van der Waals surface area (Å²) in [6.45, 7) is 0.901.